The third-order valence-electron chi connectivity index (χ3n) is 4.70. The Kier molecular flexibility index (Phi) is 4.40. The molecule has 1 atom stereocenters. The van der Waals surface area contributed by atoms with Gasteiger partial charge in [-0.05, 0) is 30.0 Å². The molecule has 1 saturated heterocycles. The van der Waals surface area contributed by atoms with Crippen LogP contribution in [0.4, 0.5) is 4.79 Å². The average molecular weight is 343 g/mol. The van der Waals surface area contributed by atoms with Crippen LogP contribution in [0.5, 0.6) is 0 Å². The van der Waals surface area contributed by atoms with Gasteiger partial charge in [0.15, 0.2) is 0 Å². The van der Waals surface area contributed by atoms with Gasteiger partial charge in [-0.15, -0.1) is 0 Å². The SMILES string of the molecule is CCc1nc(-c2ccc3c(c2)CC[C@H]3NC(=O)OCC2COC2)no1. The summed E-state index contributed by atoms with van der Waals surface area (Å²) in [5, 5.41) is 6.98. The van der Waals surface area contributed by atoms with Crippen LogP contribution in [0.25, 0.3) is 11.4 Å². The van der Waals surface area contributed by atoms with Crippen molar-refractivity contribution in [2.24, 2.45) is 5.92 Å². The van der Waals surface area contributed by atoms with Crippen molar-refractivity contribution in [1.29, 1.82) is 0 Å². The lowest BCUT2D eigenvalue weighted by Crippen LogP contribution is -2.35. The van der Waals surface area contributed by atoms with Crippen LogP contribution in [0.3, 0.4) is 0 Å². The fourth-order valence-electron chi connectivity index (χ4n) is 3.18. The molecule has 7 nitrogen and oxygen atoms in total. The molecule has 4 rings (SSSR count). The Hall–Kier alpha value is -2.41. The highest BCUT2D eigenvalue weighted by Crippen LogP contribution is 2.33. The lowest BCUT2D eigenvalue weighted by Gasteiger charge is -2.25. The first-order valence-electron chi connectivity index (χ1n) is 8.69. The van der Waals surface area contributed by atoms with Crippen LogP contribution >= 0.6 is 0 Å². The molecule has 0 bridgehead atoms. The summed E-state index contributed by atoms with van der Waals surface area (Å²) < 4.78 is 15.5. The van der Waals surface area contributed by atoms with E-state index < -0.39 is 0 Å². The highest BCUT2D eigenvalue weighted by Gasteiger charge is 2.26. The minimum Gasteiger partial charge on any atom is -0.449 e. The summed E-state index contributed by atoms with van der Waals surface area (Å²) in [4.78, 5) is 16.3. The van der Waals surface area contributed by atoms with Crippen molar-refractivity contribution in [2.75, 3.05) is 19.8 Å². The Labute approximate surface area is 145 Å². The molecule has 1 amide bonds. The number of hydrogen-bond donors (Lipinski definition) is 1. The Morgan fingerprint density at radius 1 is 1.40 bits per heavy atom. The van der Waals surface area contributed by atoms with Crippen LogP contribution in [0.2, 0.25) is 0 Å². The van der Waals surface area contributed by atoms with E-state index in [2.05, 4.69) is 21.5 Å². The summed E-state index contributed by atoms with van der Waals surface area (Å²) >= 11 is 0. The topological polar surface area (TPSA) is 86.5 Å². The number of rotatable bonds is 5. The Bertz CT molecular complexity index is 769. The molecular weight excluding hydrogens is 322 g/mol. The second-order valence-corrected chi connectivity index (χ2v) is 6.52. The Balaban J connectivity index is 1.41. The van der Waals surface area contributed by atoms with Crippen molar-refractivity contribution in [3.63, 3.8) is 0 Å². The molecule has 1 fully saturated rings. The van der Waals surface area contributed by atoms with Gasteiger partial charge in [0.05, 0.1) is 19.3 Å². The number of hydrogen-bond acceptors (Lipinski definition) is 6. The van der Waals surface area contributed by atoms with E-state index in [0.29, 0.717) is 37.5 Å². The van der Waals surface area contributed by atoms with Gasteiger partial charge < -0.3 is 19.3 Å². The number of nitrogens with one attached hydrogen (secondary N) is 1. The minimum absolute atomic E-state index is 0.00865. The van der Waals surface area contributed by atoms with E-state index >= 15 is 0 Å². The molecule has 1 N–H and O–H groups in total. The molecule has 0 radical (unpaired) electrons. The molecule has 0 spiro atoms. The van der Waals surface area contributed by atoms with Gasteiger partial charge in [-0.25, -0.2) is 4.79 Å². The molecule has 1 aliphatic carbocycles. The van der Waals surface area contributed by atoms with Gasteiger partial charge in [0.2, 0.25) is 11.7 Å². The fraction of sp³-hybridized carbons (Fsp3) is 0.500. The second kappa shape index (κ2) is 6.84. The van der Waals surface area contributed by atoms with E-state index in [0.717, 1.165) is 30.4 Å². The summed E-state index contributed by atoms with van der Waals surface area (Å²) in [7, 11) is 0. The van der Waals surface area contributed by atoms with Crippen LogP contribution in [0, 0.1) is 5.92 Å². The number of aromatic nitrogens is 2. The molecule has 0 saturated carbocycles. The van der Waals surface area contributed by atoms with Crippen molar-refractivity contribution in [2.45, 2.75) is 32.2 Å². The number of carbonyl (C=O) groups excluding carboxylic acids is 1. The van der Waals surface area contributed by atoms with Gasteiger partial charge in [-0.1, -0.05) is 24.2 Å². The van der Waals surface area contributed by atoms with Gasteiger partial charge in [0.1, 0.15) is 6.61 Å². The molecule has 1 aromatic heterocycles. The molecular formula is C18H21N3O4. The molecule has 2 aromatic rings. The number of ether oxygens (including phenoxy) is 2. The van der Waals surface area contributed by atoms with Crippen LogP contribution < -0.4 is 5.32 Å². The molecule has 132 valence electrons. The van der Waals surface area contributed by atoms with E-state index in [9.17, 15) is 4.79 Å². The quantitative estimate of drug-likeness (QED) is 0.898. The van der Waals surface area contributed by atoms with Crippen molar-refractivity contribution < 1.29 is 18.8 Å². The van der Waals surface area contributed by atoms with Gasteiger partial charge in [-0.3, -0.25) is 0 Å². The summed E-state index contributed by atoms with van der Waals surface area (Å²) in [6, 6.07) is 6.08. The van der Waals surface area contributed by atoms with Gasteiger partial charge in [-0.2, -0.15) is 4.98 Å². The smallest absolute Gasteiger partial charge is 0.407 e. The van der Waals surface area contributed by atoms with E-state index in [-0.39, 0.29) is 12.1 Å². The predicted octanol–water partition coefficient (Wildman–Crippen LogP) is 2.66. The molecule has 0 unspecified atom stereocenters. The van der Waals surface area contributed by atoms with Gasteiger partial charge in [0, 0.05) is 17.9 Å². The fourth-order valence-corrected chi connectivity index (χ4v) is 3.18. The highest BCUT2D eigenvalue weighted by atomic mass is 16.6. The first-order chi connectivity index (χ1) is 12.2. The van der Waals surface area contributed by atoms with E-state index in [1.807, 2.05) is 19.1 Å². The van der Waals surface area contributed by atoms with E-state index in [4.69, 9.17) is 14.0 Å². The number of benzene rings is 1. The number of aryl methyl sites for hydroxylation is 2. The largest absolute Gasteiger partial charge is 0.449 e. The summed E-state index contributed by atoms with van der Waals surface area (Å²) in [6.07, 6.45) is 2.13. The van der Waals surface area contributed by atoms with Gasteiger partial charge in [0.25, 0.3) is 0 Å². The molecule has 2 aliphatic rings. The maximum atomic E-state index is 12.0. The molecule has 25 heavy (non-hydrogen) atoms. The summed E-state index contributed by atoms with van der Waals surface area (Å²) in [5.41, 5.74) is 3.28. The number of alkyl carbamates (subject to hydrolysis) is 1. The van der Waals surface area contributed by atoms with Gasteiger partial charge >= 0.3 is 6.09 Å². The zero-order valence-electron chi connectivity index (χ0n) is 14.2. The maximum absolute atomic E-state index is 12.0. The van der Waals surface area contributed by atoms with Crippen LogP contribution in [0.1, 0.15) is 36.4 Å². The standard InChI is InChI=1S/C18H21N3O4/c1-2-16-20-17(21-25-16)13-3-5-14-12(7-13)4-6-15(14)19-18(22)24-10-11-8-23-9-11/h3,5,7,11,15H,2,4,6,8-10H2,1H3,(H,19,22)/t15-/m1/s1. The third-order valence-corrected chi connectivity index (χ3v) is 4.70. The monoisotopic (exact) mass is 343 g/mol. The van der Waals surface area contributed by atoms with Crippen molar-refractivity contribution in [3.8, 4) is 11.4 Å². The van der Waals surface area contributed by atoms with Crippen molar-refractivity contribution >= 4 is 6.09 Å². The first kappa shape index (κ1) is 16.1. The first-order valence-corrected chi connectivity index (χ1v) is 8.69. The number of nitrogens with zero attached hydrogens (tertiary/aromatic N) is 2. The number of amides is 1. The zero-order valence-corrected chi connectivity index (χ0v) is 14.2. The normalized spacial score (nSPS) is 19.3. The highest BCUT2D eigenvalue weighted by molar-refractivity contribution is 5.68. The molecule has 2 heterocycles. The van der Waals surface area contributed by atoms with Crippen LogP contribution in [-0.2, 0) is 22.3 Å². The summed E-state index contributed by atoms with van der Waals surface area (Å²) in [6.45, 7) is 3.76. The zero-order chi connectivity index (χ0) is 17.2. The van der Waals surface area contributed by atoms with E-state index in [1.54, 1.807) is 0 Å². The Morgan fingerprint density at radius 3 is 3.00 bits per heavy atom. The lowest BCUT2D eigenvalue weighted by atomic mass is 10.0. The number of carbonyl (C=O) groups is 1. The summed E-state index contributed by atoms with van der Waals surface area (Å²) in [5.74, 6) is 1.58. The molecule has 1 aromatic carbocycles. The second-order valence-electron chi connectivity index (χ2n) is 6.52. The average Bonchev–Trinajstić information content (AvgIpc) is 3.20. The van der Waals surface area contributed by atoms with Crippen molar-refractivity contribution in [1.82, 2.24) is 15.5 Å². The van der Waals surface area contributed by atoms with Crippen LogP contribution in [-0.4, -0.2) is 36.1 Å². The molecule has 7 heteroatoms. The van der Waals surface area contributed by atoms with Crippen molar-refractivity contribution in [3.05, 3.63) is 35.2 Å². The lowest BCUT2D eigenvalue weighted by molar-refractivity contribution is -0.0581. The minimum atomic E-state index is -0.361. The Morgan fingerprint density at radius 2 is 2.28 bits per heavy atom. The maximum Gasteiger partial charge on any atom is 0.407 e. The van der Waals surface area contributed by atoms with E-state index in [1.165, 1.54) is 5.56 Å². The molecule has 1 aliphatic heterocycles. The predicted molar refractivity (Wildman–Crippen MR) is 89.0 cm³/mol. The third kappa shape index (κ3) is 3.37. The van der Waals surface area contributed by atoms with Crippen LogP contribution in [0.15, 0.2) is 22.7 Å². The number of fused-ring (bicyclic) bond motifs is 1.